The fraction of sp³-hybridized carbons (Fsp3) is 0.500. The van der Waals surface area contributed by atoms with Gasteiger partial charge in [-0.15, -0.1) is 6.58 Å². The first-order valence-electron chi connectivity index (χ1n) is 6.30. The number of hydrogen-bond acceptors (Lipinski definition) is 2. The maximum absolute atomic E-state index is 11.5. The number of rotatable bonds is 2. The van der Waals surface area contributed by atoms with Crippen LogP contribution in [0.15, 0.2) is 35.8 Å². The molecule has 3 heterocycles. The molecule has 0 amide bonds. The van der Waals surface area contributed by atoms with Gasteiger partial charge in [0.25, 0.3) is 0 Å². The molecule has 3 rings (SSSR count). The van der Waals surface area contributed by atoms with E-state index in [0.29, 0.717) is 5.92 Å². The second-order valence-corrected chi connectivity index (χ2v) is 5.25. The van der Waals surface area contributed by atoms with Crippen molar-refractivity contribution in [2.45, 2.75) is 18.9 Å². The Hall–Kier alpha value is -1.35. The van der Waals surface area contributed by atoms with E-state index in [9.17, 15) is 4.79 Å². The number of hydrogen-bond donors (Lipinski definition) is 0. The van der Waals surface area contributed by atoms with Crippen LogP contribution < -0.4 is 5.43 Å². The van der Waals surface area contributed by atoms with Crippen molar-refractivity contribution >= 4 is 0 Å². The van der Waals surface area contributed by atoms with Gasteiger partial charge >= 0.3 is 0 Å². The molecule has 2 aliphatic rings. The van der Waals surface area contributed by atoms with Crippen LogP contribution in [-0.4, -0.2) is 29.1 Å². The average Bonchev–Trinajstić information content (AvgIpc) is 2.31. The van der Waals surface area contributed by atoms with Crippen LogP contribution in [0.25, 0.3) is 0 Å². The molecule has 2 bridgehead atoms. The van der Waals surface area contributed by atoms with Gasteiger partial charge in [-0.1, -0.05) is 6.08 Å². The molecule has 3 heteroatoms. The van der Waals surface area contributed by atoms with E-state index < -0.39 is 0 Å². The van der Waals surface area contributed by atoms with Crippen molar-refractivity contribution in [3.05, 3.63) is 46.9 Å². The van der Waals surface area contributed by atoms with Crippen LogP contribution in [0.4, 0.5) is 0 Å². The molecule has 0 aliphatic carbocycles. The van der Waals surface area contributed by atoms with E-state index in [1.807, 2.05) is 18.3 Å². The van der Waals surface area contributed by atoms with Gasteiger partial charge in [-0.05, 0) is 12.3 Å². The van der Waals surface area contributed by atoms with Crippen LogP contribution in [0.3, 0.4) is 0 Å². The zero-order valence-electron chi connectivity index (χ0n) is 10.0. The van der Waals surface area contributed by atoms with Crippen molar-refractivity contribution in [2.24, 2.45) is 5.92 Å². The lowest BCUT2D eigenvalue weighted by Gasteiger charge is -2.42. The van der Waals surface area contributed by atoms with Crippen LogP contribution in [0.5, 0.6) is 0 Å². The summed E-state index contributed by atoms with van der Waals surface area (Å²) in [6.07, 6.45) is 5.16. The Balaban J connectivity index is 1.93. The highest BCUT2D eigenvalue weighted by Gasteiger charge is 2.33. The zero-order chi connectivity index (χ0) is 11.8. The Morgan fingerprint density at radius 2 is 2.29 bits per heavy atom. The predicted molar refractivity (Wildman–Crippen MR) is 68.2 cm³/mol. The Bertz CT molecular complexity index is 491. The van der Waals surface area contributed by atoms with E-state index in [1.165, 1.54) is 12.1 Å². The maximum Gasteiger partial charge on any atom is 0.181 e. The molecule has 1 aromatic rings. The summed E-state index contributed by atoms with van der Waals surface area (Å²) in [6.45, 7) is 8.05. The molecular formula is C14H18N2O. The molecule has 17 heavy (non-hydrogen) atoms. The van der Waals surface area contributed by atoms with Crippen LogP contribution in [0.1, 0.15) is 18.0 Å². The first-order valence-corrected chi connectivity index (χ1v) is 6.30. The maximum atomic E-state index is 11.5. The molecule has 3 nitrogen and oxygen atoms in total. The Morgan fingerprint density at radius 1 is 1.41 bits per heavy atom. The van der Waals surface area contributed by atoms with E-state index in [0.717, 1.165) is 32.1 Å². The number of aromatic nitrogens is 1. The van der Waals surface area contributed by atoms with Crippen molar-refractivity contribution in [1.82, 2.24) is 9.47 Å². The van der Waals surface area contributed by atoms with Crippen LogP contribution >= 0.6 is 0 Å². The first kappa shape index (κ1) is 10.8. The number of pyridine rings is 1. The SMILES string of the molecule is C=CCN1CC2CC(C1)c1cc(=O)ccn1C2. The second-order valence-electron chi connectivity index (χ2n) is 5.25. The third kappa shape index (κ3) is 1.95. The first-order chi connectivity index (χ1) is 8.26. The average molecular weight is 230 g/mol. The normalized spacial score (nSPS) is 27.5. The fourth-order valence-corrected chi connectivity index (χ4v) is 3.30. The van der Waals surface area contributed by atoms with E-state index in [1.54, 1.807) is 6.07 Å². The minimum Gasteiger partial charge on any atom is -0.350 e. The monoisotopic (exact) mass is 230 g/mol. The Labute approximate surface area is 101 Å². The summed E-state index contributed by atoms with van der Waals surface area (Å²) in [5.41, 5.74) is 1.36. The number of piperidine rings is 1. The lowest BCUT2D eigenvalue weighted by atomic mass is 9.83. The number of nitrogens with zero attached hydrogens (tertiary/aromatic N) is 2. The summed E-state index contributed by atoms with van der Waals surface area (Å²) >= 11 is 0. The van der Waals surface area contributed by atoms with Gasteiger partial charge in [-0.2, -0.15) is 0 Å². The summed E-state index contributed by atoms with van der Waals surface area (Å²) in [5.74, 6) is 1.25. The van der Waals surface area contributed by atoms with Gasteiger partial charge in [0.05, 0.1) is 0 Å². The van der Waals surface area contributed by atoms with Crippen molar-refractivity contribution in [2.75, 3.05) is 19.6 Å². The highest BCUT2D eigenvalue weighted by Crippen LogP contribution is 2.34. The quantitative estimate of drug-likeness (QED) is 0.719. The van der Waals surface area contributed by atoms with E-state index >= 15 is 0 Å². The van der Waals surface area contributed by atoms with Gasteiger partial charge in [0.15, 0.2) is 5.43 Å². The lowest BCUT2D eigenvalue weighted by molar-refractivity contribution is 0.133. The molecule has 90 valence electrons. The Morgan fingerprint density at radius 3 is 3.12 bits per heavy atom. The predicted octanol–water partition coefficient (Wildman–Crippen LogP) is 1.45. The molecular weight excluding hydrogens is 212 g/mol. The molecule has 2 unspecified atom stereocenters. The molecule has 2 aliphatic heterocycles. The van der Waals surface area contributed by atoms with Crippen LogP contribution in [0, 0.1) is 5.92 Å². The van der Waals surface area contributed by atoms with Crippen LogP contribution in [0.2, 0.25) is 0 Å². The molecule has 0 spiro atoms. The van der Waals surface area contributed by atoms with Gasteiger partial charge in [0.1, 0.15) is 0 Å². The van der Waals surface area contributed by atoms with E-state index in [4.69, 9.17) is 0 Å². The van der Waals surface area contributed by atoms with Crippen molar-refractivity contribution in [3.63, 3.8) is 0 Å². The molecule has 0 aromatic carbocycles. The van der Waals surface area contributed by atoms with Gasteiger partial charge in [0.2, 0.25) is 0 Å². The summed E-state index contributed by atoms with van der Waals surface area (Å²) in [5, 5.41) is 0. The van der Waals surface area contributed by atoms with E-state index in [-0.39, 0.29) is 5.43 Å². The molecule has 0 saturated carbocycles. The van der Waals surface area contributed by atoms with Gasteiger partial charge in [-0.25, -0.2) is 0 Å². The minimum absolute atomic E-state index is 0.135. The van der Waals surface area contributed by atoms with Gasteiger partial charge < -0.3 is 4.57 Å². The third-order valence-corrected chi connectivity index (χ3v) is 3.91. The smallest absolute Gasteiger partial charge is 0.181 e. The Kier molecular flexibility index (Phi) is 2.63. The van der Waals surface area contributed by atoms with Gasteiger partial charge in [-0.3, -0.25) is 9.69 Å². The molecule has 2 atom stereocenters. The summed E-state index contributed by atoms with van der Waals surface area (Å²) < 4.78 is 2.27. The minimum atomic E-state index is 0.135. The fourth-order valence-electron chi connectivity index (χ4n) is 3.30. The van der Waals surface area contributed by atoms with Crippen molar-refractivity contribution in [3.8, 4) is 0 Å². The summed E-state index contributed by atoms with van der Waals surface area (Å²) in [7, 11) is 0. The number of fused-ring (bicyclic) bond motifs is 4. The van der Waals surface area contributed by atoms with Gasteiger partial charge in [0, 0.05) is 56.1 Å². The highest BCUT2D eigenvalue weighted by atomic mass is 16.1. The highest BCUT2D eigenvalue weighted by molar-refractivity contribution is 5.17. The number of likely N-dealkylation sites (tertiary alicyclic amines) is 1. The molecule has 1 fully saturated rings. The largest absolute Gasteiger partial charge is 0.350 e. The van der Waals surface area contributed by atoms with Crippen molar-refractivity contribution < 1.29 is 0 Å². The standard InChI is InChI=1S/C14H18N2O/c1-2-4-15-8-11-6-12(10-15)14-7-13(17)3-5-16(14)9-11/h2-3,5,7,11-12H,1,4,6,8-10H2. The summed E-state index contributed by atoms with van der Waals surface area (Å²) in [6, 6.07) is 3.49. The molecule has 0 radical (unpaired) electrons. The molecule has 1 saturated heterocycles. The summed E-state index contributed by atoms with van der Waals surface area (Å²) in [4.78, 5) is 13.9. The zero-order valence-corrected chi connectivity index (χ0v) is 10.0. The molecule has 0 N–H and O–H groups in total. The topological polar surface area (TPSA) is 25.2 Å². The van der Waals surface area contributed by atoms with Crippen LogP contribution in [-0.2, 0) is 6.54 Å². The van der Waals surface area contributed by atoms with Crippen molar-refractivity contribution in [1.29, 1.82) is 0 Å². The second kappa shape index (κ2) is 4.15. The third-order valence-electron chi connectivity index (χ3n) is 3.91. The van der Waals surface area contributed by atoms with E-state index in [2.05, 4.69) is 16.0 Å². The molecule has 1 aromatic heterocycles. The lowest BCUT2D eigenvalue weighted by Crippen LogP contribution is -2.45.